The molecule has 0 saturated heterocycles. The molecule has 2 aromatic carbocycles. The van der Waals surface area contributed by atoms with Crippen LogP contribution >= 0.6 is 22.6 Å². The lowest BCUT2D eigenvalue weighted by Gasteiger charge is -2.09. The van der Waals surface area contributed by atoms with Gasteiger partial charge in [-0.05, 0) is 117 Å². The summed E-state index contributed by atoms with van der Waals surface area (Å²) in [7, 11) is 7.81. The molecule has 15 heteroatoms. The van der Waals surface area contributed by atoms with Crippen molar-refractivity contribution in [2.75, 3.05) is 54.5 Å². The number of pyridine rings is 2. The molecule has 0 bridgehead atoms. The van der Waals surface area contributed by atoms with E-state index in [0.717, 1.165) is 10.1 Å². The molecule has 4 aromatic heterocycles. The zero-order valence-electron chi connectivity index (χ0n) is 31.6. The molecule has 0 aliphatic rings. The highest BCUT2D eigenvalue weighted by Crippen LogP contribution is 2.23. The third-order valence-corrected chi connectivity index (χ3v) is 7.97. The molecule has 57 heavy (non-hydrogen) atoms. The fourth-order valence-corrected chi connectivity index (χ4v) is 4.99. The van der Waals surface area contributed by atoms with Gasteiger partial charge in [0.15, 0.2) is 0 Å². The summed E-state index contributed by atoms with van der Waals surface area (Å²) in [6, 6.07) is 22.9. The van der Waals surface area contributed by atoms with E-state index in [9.17, 15) is 8.78 Å². The molecular formula is C42H37F2IN10O2. The Morgan fingerprint density at radius 1 is 0.702 bits per heavy atom. The van der Waals surface area contributed by atoms with Crippen molar-refractivity contribution in [1.82, 2.24) is 39.3 Å². The Labute approximate surface area is 344 Å². The van der Waals surface area contributed by atoms with Crippen molar-refractivity contribution in [3.63, 3.8) is 0 Å². The van der Waals surface area contributed by atoms with E-state index in [1.165, 1.54) is 33.6 Å². The molecule has 6 aromatic rings. The van der Waals surface area contributed by atoms with Crippen molar-refractivity contribution in [3.05, 3.63) is 141 Å². The first-order valence-electron chi connectivity index (χ1n) is 17.1. The average molecular weight is 879 g/mol. The summed E-state index contributed by atoms with van der Waals surface area (Å²) >= 11 is 2.11. The Kier molecular flexibility index (Phi) is 16.7. The predicted molar refractivity (Wildman–Crippen MR) is 220 cm³/mol. The number of benzene rings is 2. The van der Waals surface area contributed by atoms with Crippen molar-refractivity contribution >= 4 is 22.6 Å². The Morgan fingerprint density at radius 2 is 1.21 bits per heavy atom. The first-order chi connectivity index (χ1) is 27.5. The summed E-state index contributed by atoms with van der Waals surface area (Å²) < 4.78 is 42.4. The third kappa shape index (κ3) is 14.2. The monoisotopic (exact) mass is 878 g/mol. The fourth-order valence-electron chi connectivity index (χ4n) is 4.46. The van der Waals surface area contributed by atoms with Crippen LogP contribution in [0.15, 0.2) is 97.6 Å². The number of aromatic nitrogens is 6. The molecule has 0 saturated carbocycles. The summed E-state index contributed by atoms with van der Waals surface area (Å²) in [6.45, 7) is 2.43. The van der Waals surface area contributed by atoms with Gasteiger partial charge in [-0.25, -0.2) is 28.1 Å². The van der Waals surface area contributed by atoms with E-state index < -0.39 is 11.6 Å². The highest BCUT2D eigenvalue weighted by molar-refractivity contribution is 14.1. The SMILES string of the molecule is C#Cc1ccccn1.CN(C)CCOc1nn(-c2cc(F)cc(C#N)c2)cc1C#Cc1ccccn1.CN(C)CCOc1nn(-c2cc(F)cc(C#N)c2)cc1I. The van der Waals surface area contributed by atoms with Crippen molar-refractivity contribution in [3.8, 4) is 59.5 Å². The Hall–Kier alpha value is -6.63. The molecule has 0 atom stereocenters. The molecule has 0 radical (unpaired) electrons. The van der Waals surface area contributed by atoms with Crippen LogP contribution in [0.1, 0.15) is 28.1 Å². The maximum absolute atomic E-state index is 13.8. The summed E-state index contributed by atoms with van der Waals surface area (Å²) in [5, 5.41) is 26.6. The number of halogens is 3. The summed E-state index contributed by atoms with van der Waals surface area (Å²) in [6.07, 6.45) is 11.8. The lowest BCUT2D eigenvalue weighted by atomic mass is 10.2. The summed E-state index contributed by atoms with van der Waals surface area (Å²) in [5.41, 5.74) is 3.23. The van der Waals surface area contributed by atoms with Gasteiger partial charge in [0, 0.05) is 31.7 Å². The van der Waals surface area contributed by atoms with Gasteiger partial charge < -0.3 is 19.3 Å². The van der Waals surface area contributed by atoms with E-state index >= 15 is 0 Å². The van der Waals surface area contributed by atoms with Crippen LogP contribution in [0.2, 0.25) is 0 Å². The van der Waals surface area contributed by atoms with Gasteiger partial charge >= 0.3 is 0 Å². The molecule has 4 heterocycles. The molecule has 0 N–H and O–H groups in total. The van der Waals surface area contributed by atoms with Crippen LogP contribution in [0.3, 0.4) is 0 Å². The van der Waals surface area contributed by atoms with Crippen LogP contribution in [-0.2, 0) is 0 Å². The number of hydrogen-bond acceptors (Lipinski definition) is 10. The second-order valence-electron chi connectivity index (χ2n) is 12.3. The van der Waals surface area contributed by atoms with E-state index in [4.69, 9.17) is 26.4 Å². The highest BCUT2D eigenvalue weighted by Gasteiger charge is 2.13. The van der Waals surface area contributed by atoms with Crippen molar-refractivity contribution in [2.45, 2.75) is 0 Å². The fraction of sp³-hybridized carbons (Fsp3) is 0.190. The smallest absolute Gasteiger partial charge is 0.249 e. The van der Waals surface area contributed by atoms with Crippen LogP contribution < -0.4 is 9.47 Å². The minimum Gasteiger partial charge on any atom is -0.474 e. The molecular weight excluding hydrogens is 841 g/mol. The standard InChI is InChI=1S/C21H18FN5O.C14H14FIN4O.C7H5N/c1-26(2)9-10-28-21-17(6-7-19-5-3-4-8-24-19)15-27(25-21)20-12-16(14-23)11-18(22)13-20;1-19(2)3-4-21-14-13(16)9-20(18-14)12-6-10(8-17)5-11(15)7-12;1-2-7-5-3-4-6-8-7/h3-5,8,11-13,15H,9-10H2,1-2H3;5-7,9H,3-4H2,1-2H3;1,3-6H. The van der Waals surface area contributed by atoms with Crippen molar-refractivity contribution in [2.24, 2.45) is 0 Å². The average Bonchev–Trinajstić information content (AvgIpc) is 3.80. The van der Waals surface area contributed by atoms with E-state index in [2.05, 4.69) is 60.5 Å². The molecule has 6 rings (SSSR count). The van der Waals surface area contributed by atoms with E-state index in [1.54, 1.807) is 49.1 Å². The molecule has 0 fully saturated rings. The minimum atomic E-state index is -0.513. The summed E-state index contributed by atoms with van der Waals surface area (Å²) in [5.74, 6) is 8.25. The number of rotatable bonds is 10. The predicted octanol–water partition coefficient (Wildman–Crippen LogP) is 6.11. The molecule has 0 unspecified atom stereocenters. The zero-order chi connectivity index (χ0) is 41.2. The second-order valence-corrected chi connectivity index (χ2v) is 13.4. The molecule has 0 spiro atoms. The Morgan fingerprint density at radius 3 is 1.68 bits per heavy atom. The van der Waals surface area contributed by atoms with Gasteiger partial charge in [0.1, 0.15) is 41.8 Å². The molecule has 0 aliphatic carbocycles. The van der Waals surface area contributed by atoms with Gasteiger partial charge in [0.05, 0.1) is 44.4 Å². The highest BCUT2D eigenvalue weighted by atomic mass is 127. The Bertz CT molecular complexity index is 2420. The van der Waals surface area contributed by atoms with Crippen LogP contribution in [0, 0.1) is 62.1 Å². The number of likely N-dealkylation sites (N-methyl/N-ethyl adjacent to an activating group) is 2. The molecule has 0 aliphatic heterocycles. The maximum Gasteiger partial charge on any atom is 0.249 e. The van der Waals surface area contributed by atoms with Gasteiger partial charge in [0.25, 0.3) is 0 Å². The quantitative estimate of drug-likeness (QED) is 0.117. The lowest BCUT2D eigenvalue weighted by Crippen LogP contribution is -2.19. The van der Waals surface area contributed by atoms with Crippen LogP contribution in [0.4, 0.5) is 8.78 Å². The first kappa shape index (κ1) is 43.1. The van der Waals surface area contributed by atoms with Crippen molar-refractivity contribution < 1.29 is 18.3 Å². The zero-order valence-corrected chi connectivity index (χ0v) is 33.7. The maximum atomic E-state index is 13.8. The number of nitriles is 2. The lowest BCUT2D eigenvalue weighted by molar-refractivity contribution is 0.251. The van der Waals surface area contributed by atoms with Gasteiger partial charge in [-0.2, -0.15) is 10.5 Å². The third-order valence-electron chi connectivity index (χ3n) is 7.23. The normalized spacial score (nSPS) is 10.1. The van der Waals surface area contributed by atoms with Gasteiger partial charge in [-0.3, -0.25) is 0 Å². The number of terminal acetylenes is 1. The molecule has 288 valence electrons. The van der Waals surface area contributed by atoms with Crippen LogP contribution in [0.25, 0.3) is 11.4 Å². The van der Waals surface area contributed by atoms with E-state index in [-0.39, 0.29) is 11.1 Å². The van der Waals surface area contributed by atoms with Gasteiger partial charge in [-0.15, -0.1) is 16.6 Å². The topological polar surface area (TPSA) is 134 Å². The van der Waals surface area contributed by atoms with Crippen LogP contribution in [-0.4, -0.2) is 93.8 Å². The van der Waals surface area contributed by atoms with E-state index in [0.29, 0.717) is 59.8 Å². The van der Waals surface area contributed by atoms with Gasteiger partial charge in [0.2, 0.25) is 11.8 Å². The Balaban J connectivity index is 0.000000217. The first-order valence-corrected chi connectivity index (χ1v) is 18.2. The van der Waals surface area contributed by atoms with Gasteiger partial charge in [-0.1, -0.05) is 24.0 Å². The number of hydrogen-bond donors (Lipinski definition) is 0. The molecule has 12 nitrogen and oxygen atoms in total. The second kappa shape index (κ2) is 22.1. The number of ether oxygens (including phenoxy) is 2. The molecule has 0 amide bonds. The summed E-state index contributed by atoms with van der Waals surface area (Å²) in [4.78, 5) is 12.0. The van der Waals surface area contributed by atoms with Crippen LogP contribution in [0.5, 0.6) is 11.8 Å². The van der Waals surface area contributed by atoms with Crippen molar-refractivity contribution in [1.29, 1.82) is 10.5 Å². The largest absolute Gasteiger partial charge is 0.474 e. The minimum absolute atomic E-state index is 0.210. The number of nitrogens with zero attached hydrogens (tertiary/aromatic N) is 10. The van der Waals surface area contributed by atoms with E-state index in [1.807, 2.05) is 74.4 Å².